The molecule has 1 aromatic rings. The fraction of sp³-hybridized carbons (Fsp3) is 0.538. The van der Waals surface area contributed by atoms with Crippen LogP contribution in [-0.4, -0.2) is 17.7 Å². The smallest absolute Gasteiger partial charge is 0.0914 e. The van der Waals surface area contributed by atoms with Crippen LogP contribution in [0, 0.1) is 5.92 Å². The number of aliphatic hydroxyl groups excluding tert-OH is 1. The molecule has 1 aromatic carbocycles. The molecule has 0 aliphatic heterocycles. The molecule has 16 heavy (non-hydrogen) atoms. The average Bonchev–Trinajstić information content (AvgIpc) is 2.25. The molecule has 0 heterocycles. The largest absolute Gasteiger partial charge is 0.387 e. The summed E-state index contributed by atoms with van der Waals surface area (Å²) in [4.78, 5) is 0. The van der Waals surface area contributed by atoms with Crippen LogP contribution in [-0.2, 0) is 0 Å². The topological polar surface area (TPSA) is 32.3 Å². The van der Waals surface area contributed by atoms with Gasteiger partial charge in [0.05, 0.1) is 6.10 Å². The molecular weight excluding hydrogens is 266 g/mol. The molecule has 0 saturated carbocycles. The molecule has 0 saturated heterocycles. The Balaban J connectivity index is 2.49. The van der Waals surface area contributed by atoms with Crippen LogP contribution in [0.1, 0.15) is 32.4 Å². The van der Waals surface area contributed by atoms with Gasteiger partial charge in [-0.25, -0.2) is 0 Å². The lowest BCUT2D eigenvalue weighted by atomic mass is 10.1. The van der Waals surface area contributed by atoms with Crippen molar-refractivity contribution in [2.45, 2.75) is 32.9 Å². The summed E-state index contributed by atoms with van der Waals surface area (Å²) in [6, 6.07) is 8.21. The van der Waals surface area contributed by atoms with Crippen LogP contribution in [0.3, 0.4) is 0 Å². The van der Waals surface area contributed by atoms with Crippen molar-refractivity contribution in [3.05, 3.63) is 34.3 Å². The second-order valence-corrected chi connectivity index (χ2v) is 5.43. The highest BCUT2D eigenvalue weighted by Crippen LogP contribution is 2.17. The van der Waals surface area contributed by atoms with Gasteiger partial charge in [0.1, 0.15) is 0 Å². The minimum Gasteiger partial charge on any atom is -0.387 e. The summed E-state index contributed by atoms with van der Waals surface area (Å²) >= 11 is 3.40. The van der Waals surface area contributed by atoms with Gasteiger partial charge < -0.3 is 10.4 Å². The second-order valence-electron chi connectivity index (χ2n) is 4.51. The van der Waals surface area contributed by atoms with Crippen LogP contribution in [0.25, 0.3) is 0 Å². The van der Waals surface area contributed by atoms with E-state index in [0.717, 1.165) is 10.0 Å². The fourth-order valence-electron chi connectivity index (χ4n) is 1.36. The molecule has 90 valence electrons. The zero-order valence-electron chi connectivity index (χ0n) is 10.1. The number of nitrogens with one attached hydrogen (secondary N) is 1. The van der Waals surface area contributed by atoms with E-state index < -0.39 is 6.10 Å². The van der Waals surface area contributed by atoms with Gasteiger partial charge in [-0.3, -0.25) is 0 Å². The number of hydrogen-bond donors (Lipinski definition) is 2. The van der Waals surface area contributed by atoms with Gasteiger partial charge in [-0.05, 0) is 30.5 Å². The molecule has 0 amide bonds. The van der Waals surface area contributed by atoms with Crippen molar-refractivity contribution >= 4 is 15.9 Å². The Labute approximate surface area is 106 Å². The molecule has 0 radical (unpaired) electrons. The predicted molar refractivity (Wildman–Crippen MR) is 71.4 cm³/mol. The van der Waals surface area contributed by atoms with Crippen LogP contribution in [0.2, 0.25) is 0 Å². The maximum absolute atomic E-state index is 9.99. The number of halogens is 1. The summed E-state index contributed by atoms with van der Waals surface area (Å²) in [6.07, 6.45) is -0.446. The van der Waals surface area contributed by atoms with E-state index in [9.17, 15) is 5.11 Å². The van der Waals surface area contributed by atoms with E-state index in [0.29, 0.717) is 18.5 Å². The zero-order valence-corrected chi connectivity index (χ0v) is 11.7. The lowest BCUT2D eigenvalue weighted by Gasteiger charge is -2.20. The van der Waals surface area contributed by atoms with Crippen molar-refractivity contribution in [1.29, 1.82) is 0 Å². The standard InChI is InChI=1S/C13H20BrNO/c1-9(2)10(3)15-8-13(16)11-5-4-6-12(14)7-11/h4-7,9-10,13,15-16H,8H2,1-3H3. The average molecular weight is 286 g/mol. The molecule has 2 atom stereocenters. The van der Waals surface area contributed by atoms with Crippen molar-refractivity contribution in [3.63, 3.8) is 0 Å². The highest BCUT2D eigenvalue weighted by molar-refractivity contribution is 9.10. The number of hydrogen-bond acceptors (Lipinski definition) is 2. The van der Waals surface area contributed by atoms with E-state index in [1.54, 1.807) is 0 Å². The molecule has 0 aliphatic rings. The van der Waals surface area contributed by atoms with Gasteiger partial charge in [-0.1, -0.05) is 41.9 Å². The minimum absolute atomic E-state index is 0.418. The van der Waals surface area contributed by atoms with Crippen molar-refractivity contribution in [1.82, 2.24) is 5.32 Å². The quantitative estimate of drug-likeness (QED) is 0.871. The zero-order chi connectivity index (χ0) is 12.1. The van der Waals surface area contributed by atoms with Crippen molar-refractivity contribution in [2.75, 3.05) is 6.54 Å². The third kappa shape index (κ3) is 4.24. The maximum Gasteiger partial charge on any atom is 0.0914 e. The second kappa shape index (κ2) is 6.38. The Morgan fingerprint density at radius 3 is 2.56 bits per heavy atom. The van der Waals surface area contributed by atoms with Gasteiger partial charge >= 0.3 is 0 Å². The first-order chi connectivity index (χ1) is 7.50. The summed E-state index contributed by atoms with van der Waals surface area (Å²) in [5.41, 5.74) is 0.942. The van der Waals surface area contributed by atoms with Crippen LogP contribution >= 0.6 is 15.9 Å². The van der Waals surface area contributed by atoms with E-state index in [1.165, 1.54) is 0 Å². The van der Waals surface area contributed by atoms with Crippen LogP contribution in [0.15, 0.2) is 28.7 Å². The van der Waals surface area contributed by atoms with E-state index >= 15 is 0 Å². The van der Waals surface area contributed by atoms with Gasteiger partial charge in [-0.15, -0.1) is 0 Å². The van der Waals surface area contributed by atoms with Gasteiger partial charge in [0, 0.05) is 17.1 Å². The van der Waals surface area contributed by atoms with E-state index in [-0.39, 0.29) is 0 Å². The van der Waals surface area contributed by atoms with Crippen molar-refractivity contribution < 1.29 is 5.11 Å². The maximum atomic E-state index is 9.99. The molecule has 0 spiro atoms. The van der Waals surface area contributed by atoms with Gasteiger partial charge in [0.2, 0.25) is 0 Å². The first kappa shape index (κ1) is 13.7. The van der Waals surface area contributed by atoms with Crippen LogP contribution in [0.5, 0.6) is 0 Å². The van der Waals surface area contributed by atoms with Gasteiger partial charge in [-0.2, -0.15) is 0 Å². The number of aliphatic hydroxyl groups is 1. The highest BCUT2D eigenvalue weighted by Gasteiger charge is 2.11. The molecule has 2 nitrogen and oxygen atoms in total. The Morgan fingerprint density at radius 1 is 1.31 bits per heavy atom. The monoisotopic (exact) mass is 285 g/mol. The van der Waals surface area contributed by atoms with Crippen LogP contribution in [0.4, 0.5) is 0 Å². The molecule has 0 bridgehead atoms. The summed E-state index contributed by atoms with van der Waals surface area (Å²) in [6.45, 7) is 7.07. The van der Waals surface area contributed by atoms with Crippen molar-refractivity contribution in [2.24, 2.45) is 5.92 Å². The molecule has 2 N–H and O–H groups in total. The lowest BCUT2D eigenvalue weighted by molar-refractivity contribution is 0.167. The molecular formula is C13H20BrNO. The Kier molecular flexibility index (Phi) is 5.46. The normalized spacial score (nSPS) is 15.1. The SMILES string of the molecule is CC(C)C(C)NCC(O)c1cccc(Br)c1. The molecule has 3 heteroatoms. The molecule has 0 fully saturated rings. The summed E-state index contributed by atoms with van der Waals surface area (Å²) < 4.78 is 1.00. The fourth-order valence-corrected chi connectivity index (χ4v) is 1.78. The number of benzene rings is 1. The van der Waals surface area contributed by atoms with Crippen LogP contribution < -0.4 is 5.32 Å². The Morgan fingerprint density at radius 2 is 2.00 bits per heavy atom. The molecule has 1 rings (SSSR count). The molecule has 0 aromatic heterocycles. The summed E-state index contributed by atoms with van der Waals surface area (Å²) in [7, 11) is 0. The predicted octanol–water partition coefficient (Wildman–Crippen LogP) is 3.12. The first-order valence-electron chi connectivity index (χ1n) is 5.67. The Hall–Kier alpha value is -0.380. The first-order valence-corrected chi connectivity index (χ1v) is 6.47. The van der Waals surface area contributed by atoms with Crippen molar-refractivity contribution in [3.8, 4) is 0 Å². The van der Waals surface area contributed by atoms with Gasteiger partial charge in [0.15, 0.2) is 0 Å². The molecule has 2 unspecified atom stereocenters. The number of rotatable bonds is 5. The molecule has 0 aliphatic carbocycles. The summed E-state index contributed by atoms with van der Waals surface area (Å²) in [5.74, 6) is 0.578. The highest BCUT2D eigenvalue weighted by atomic mass is 79.9. The van der Waals surface area contributed by atoms with E-state index in [2.05, 4.69) is 42.0 Å². The van der Waals surface area contributed by atoms with Gasteiger partial charge in [0.25, 0.3) is 0 Å². The minimum atomic E-state index is -0.446. The third-order valence-corrected chi connectivity index (χ3v) is 3.36. The lowest BCUT2D eigenvalue weighted by Crippen LogP contribution is -2.34. The van der Waals surface area contributed by atoms with E-state index in [4.69, 9.17) is 0 Å². The Bertz CT molecular complexity index is 327. The van der Waals surface area contributed by atoms with E-state index in [1.807, 2.05) is 24.3 Å². The third-order valence-electron chi connectivity index (χ3n) is 2.87. The summed E-state index contributed by atoms with van der Waals surface area (Å²) in [5, 5.41) is 13.3.